The molecule has 0 aromatic heterocycles. The summed E-state index contributed by atoms with van der Waals surface area (Å²) in [6.07, 6.45) is 5.09. The van der Waals surface area contributed by atoms with Gasteiger partial charge in [-0.1, -0.05) is 66.7 Å². The number of hydrogen-bond acceptors (Lipinski definition) is 2. The highest BCUT2D eigenvalue weighted by Gasteiger charge is 2.37. The van der Waals surface area contributed by atoms with E-state index in [2.05, 4.69) is 5.32 Å². The molecule has 4 rings (SSSR count). The maximum atomic E-state index is 13.8. The van der Waals surface area contributed by atoms with Crippen molar-refractivity contribution in [3.63, 3.8) is 0 Å². The molecule has 2 amide bonds. The molecule has 0 heterocycles. The van der Waals surface area contributed by atoms with Crippen molar-refractivity contribution in [3.8, 4) is 0 Å². The van der Waals surface area contributed by atoms with Crippen LogP contribution in [0.3, 0.4) is 0 Å². The van der Waals surface area contributed by atoms with Crippen LogP contribution in [0.1, 0.15) is 12.8 Å². The summed E-state index contributed by atoms with van der Waals surface area (Å²) in [4.78, 5) is 28.6. The quantitative estimate of drug-likeness (QED) is 0.573. The number of hydrogen-bond donors (Lipinski definition) is 1. The van der Waals surface area contributed by atoms with E-state index in [4.69, 9.17) is 0 Å². The van der Waals surface area contributed by atoms with Gasteiger partial charge < -0.3 is 5.32 Å². The van der Waals surface area contributed by atoms with Gasteiger partial charge in [0.15, 0.2) is 0 Å². The molecule has 0 radical (unpaired) electrons. The highest BCUT2D eigenvalue weighted by Crippen LogP contribution is 2.34. The van der Waals surface area contributed by atoms with Crippen LogP contribution in [-0.4, -0.2) is 11.8 Å². The number of allylic oxidation sites excluding steroid dienone is 2. The van der Waals surface area contributed by atoms with Crippen LogP contribution in [0, 0.1) is 11.8 Å². The molecule has 3 aromatic rings. The first-order valence-electron chi connectivity index (χ1n) is 10.2. The molecule has 30 heavy (non-hydrogen) atoms. The second kappa shape index (κ2) is 9.23. The van der Waals surface area contributed by atoms with E-state index in [0.29, 0.717) is 12.8 Å². The van der Waals surface area contributed by atoms with Crippen LogP contribution in [0.2, 0.25) is 0 Å². The molecular weight excluding hydrogens is 372 g/mol. The molecule has 0 spiro atoms. The van der Waals surface area contributed by atoms with Crippen molar-refractivity contribution in [2.45, 2.75) is 12.8 Å². The van der Waals surface area contributed by atoms with Crippen molar-refractivity contribution in [2.75, 3.05) is 10.2 Å². The van der Waals surface area contributed by atoms with Gasteiger partial charge in [-0.25, -0.2) is 0 Å². The first kappa shape index (κ1) is 19.6. The van der Waals surface area contributed by atoms with E-state index >= 15 is 0 Å². The molecule has 1 aliphatic carbocycles. The number of rotatable bonds is 5. The monoisotopic (exact) mass is 396 g/mol. The number of nitrogens with one attached hydrogen (secondary N) is 1. The second-order valence-corrected chi connectivity index (χ2v) is 7.36. The summed E-state index contributed by atoms with van der Waals surface area (Å²) in [5, 5.41) is 2.97. The Morgan fingerprint density at radius 1 is 0.667 bits per heavy atom. The molecule has 2 atom stereocenters. The van der Waals surface area contributed by atoms with Crippen LogP contribution >= 0.6 is 0 Å². The molecule has 0 saturated carbocycles. The Hall–Kier alpha value is -3.66. The third kappa shape index (κ3) is 4.33. The molecule has 0 bridgehead atoms. The predicted octanol–water partition coefficient (Wildman–Crippen LogP) is 5.57. The van der Waals surface area contributed by atoms with Crippen molar-refractivity contribution in [3.05, 3.63) is 103 Å². The van der Waals surface area contributed by atoms with Crippen LogP contribution in [0.15, 0.2) is 103 Å². The summed E-state index contributed by atoms with van der Waals surface area (Å²) >= 11 is 0. The van der Waals surface area contributed by atoms with Crippen LogP contribution in [0.25, 0.3) is 0 Å². The van der Waals surface area contributed by atoms with Gasteiger partial charge in [-0.3, -0.25) is 14.5 Å². The average molecular weight is 396 g/mol. The third-order valence-corrected chi connectivity index (χ3v) is 5.38. The zero-order valence-corrected chi connectivity index (χ0v) is 16.6. The van der Waals surface area contributed by atoms with Crippen molar-refractivity contribution >= 4 is 28.9 Å². The molecule has 0 unspecified atom stereocenters. The minimum absolute atomic E-state index is 0.0649. The van der Waals surface area contributed by atoms with Gasteiger partial charge in [0, 0.05) is 17.1 Å². The Kier molecular flexibility index (Phi) is 6.04. The lowest BCUT2D eigenvalue weighted by Crippen LogP contribution is -2.41. The smallest absolute Gasteiger partial charge is 0.235 e. The first-order chi connectivity index (χ1) is 14.7. The molecule has 1 N–H and O–H groups in total. The fourth-order valence-electron chi connectivity index (χ4n) is 3.86. The Bertz CT molecular complexity index is 977. The van der Waals surface area contributed by atoms with E-state index in [0.717, 1.165) is 17.1 Å². The van der Waals surface area contributed by atoms with E-state index in [1.54, 1.807) is 4.90 Å². The minimum atomic E-state index is -0.431. The Balaban J connectivity index is 1.64. The Morgan fingerprint density at radius 2 is 1.13 bits per heavy atom. The zero-order valence-electron chi connectivity index (χ0n) is 16.6. The number of amides is 2. The van der Waals surface area contributed by atoms with Crippen LogP contribution in [0.5, 0.6) is 0 Å². The summed E-state index contributed by atoms with van der Waals surface area (Å²) < 4.78 is 0. The van der Waals surface area contributed by atoms with Gasteiger partial charge in [-0.2, -0.15) is 0 Å². The molecule has 3 aromatic carbocycles. The Labute approximate surface area is 176 Å². The number of nitrogens with zero attached hydrogens (tertiary/aromatic N) is 1. The highest BCUT2D eigenvalue weighted by molar-refractivity contribution is 6.05. The van der Waals surface area contributed by atoms with Crippen LogP contribution in [0.4, 0.5) is 17.1 Å². The van der Waals surface area contributed by atoms with Crippen molar-refractivity contribution < 1.29 is 9.59 Å². The fraction of sp³-hybridized carbons (Fsp3) is 0.154. The number of benzene rings is 3. The summed E-state index contributed by atoms with van der Waals surface area (Å²) in [6.45, 7) is 0. The molecule has 0 fully saturated rings. The van der Waals surface area contributed by atoms with Gasteiger partial charge in [-0.05, 0) is 49.2 Å². The molecule has 4 heteroatoms. The number of anilines is 3. The molecule has 1 aliphatic rings. The van der Waals surface area contributed by atoms with Gasteiger partial charge >= 0.3 is 0 Å². The maximum Gasteiger partial charge on any atom is 0.235 e. The Morgan fingerprint density at radius 3 is 1.67 bits per heavy atom. The molecule has 4 nitrogen and oxygen atoms in total. The highest BCUT2D eigenvalue weighted by atomic mass is 16.2. The standard InChI is InChI=1S/C26H24N2O2/c29-25(27-20-12-4-1-5-13-20)23-18-10-11-19-24(23)26(30)28(21-14-6-2-7-15-21)22-16-8-3-9-17-22/h1-17,23-24H,18-19H2,(H,27,29)/t23-,24+/m0/s1. The second-order valence-electron chi connectivity index (χ2n) is 7.36. The fourth-order valence-corrected chi connectivity index (χ4v) is 3.86. The minimum Gasteiger partial charge on any atom is -0.326 e. The number of carbonyl (C=O) groups excluding carboxylic acids is 2. The van der Waals surface area contributed by atoms with Gasteiger partial charge in [-0.15, -0.1) is 0 Å². The molecule has 0 aliphatic heterocycles. The first-order valence-corrected chi connectivity index (χ1v) is 10.2. The SMILES string of the molecule is O=C(Nc1ccccc1)[C@H]1CC=CC[C@H]1C(=O)N(c1ccccc1)c1ccccc1. The van der Waals surface area contributed by atoms with Crippen molar-refractivity contribution in [1.29, 1.82) is 0 Å². The van der Waals surface area contributed by atoms with Crippen molar-refractivity contribution in [2.24, 2.45) is 11.8 Å². The summed E-state index contributed by atoms with van der Waals surface area (Å²) in [7, 11) is 0. The van der Waals surface area contributed by atoms with E-state index in [1.165, 1.54) is 0 Å². The summed E-state index contributed by atoms with van der Waals surface area (Å²) in [5.74, 6) is -1.04. The van der Waals surface area contributed by atoms with Gasteiger partial charge in [0.05, 0.1) is 11.8 Å². The van der Waals surface area contributed by atoms with E-state index < -0.39 is 11.8 Å². The van der Waals surface area contributed by atoms with Gasteiger partial charge in [0.1, 0.15) is 0 Å². The largest absolute Gasteiger partial charge is 0.326 e. The lowest BCUT2D eigenvalue weighted by Gasteiger charge is -2.32. The topological polar surface area (TPSA) is 49.4 Å². The molecule has 0 saturated heterocycles. The van der Waals surface area contributed by atoms with E-state index in [-0.39, 0.29) is 11.8 Å². The number of para-hydroxylation sites is 3. The lowest BCUT2D eigenvalue weighted by molar-refractivity contribution is -0.130. The van der Waals surface area contributed by atoms with Crippen LogP contribution < -0.4 is 10.2 Å². The normalized spacial score (nSPS) is 17.9. The molecular formula is C26H24N2O2. The third-order valence-electron chi connectivity index (χ3n) is 5.38. The zero-order chi connectivity index (χ0) is 20.8. The average Bonchev–Trinajstić information content (AvgIpc) is 2.81. The van der Waals surface area contributed by atoms with E-state index in [1.807, 2.05) is 103 Å². The van der Waals surface area contributed by atoms with E-state index in [9.17, 15) is 9.59 Å². The maximum absolute atomic E-state index is 13.8. The summed E-state index contributed by atoms with van der Waals surface area (Å²) in [5.41, 5.74) is 2.34. The lowest BCUT2D eigenvalue weighted by atomic mass is 9.81. The van der Waals surface area contributed by atoms with Crippen LogP contribution in [-0.2, 0) is 9.59 Å². The predicted molar refractivity (Wildman–Crippen MR) is 120 cm³/mol. The molecule has 150 valence electrons. The van der Waals surface area contributed by atoms with Crippen molar-refractivity contribution in [1.82, 2.24) is 0 Å². The van der Waals surface area contributed by atoms with Gasteiger partial charge in [0.25, 0.3) is 0 Å². The van der Waals surface area contributed by atoms with Gasteiger partial charge in [0.2, 0.25) is 11.8 Å². The summed E-state index contributed by atoms with van der Waals surface area (Å²) in [6, 6.07) is 28.6. The number of carbonyl (C=O) groups is 2.